The summed E-state index contributed by atoms with van der Waals surface area (Å²) in [7, 11) is 0. The number of amides is 1. The first-order valence-corrected chi connectivity index (χ1v) is 6.95. The molecule has 0 spiro atoms. The summed E-state index contributed by atoms with van der Waals surface area (Å²) in [6.45, 7) is 5.29. The molecule has 20 heavy (non-hydrogen) atoms. The van der Waals surface area contributed by atoms with Crippen molar-refractivity contribution in [1.29, 1.82) is 0 Å². The van der Waals surface area contributed by atoms with Gasteiger partial charge in [0.25, 0.3) is 0 Å². The van der Waals surface area contributed by atoms with Gasteiger partial charge >= 0.3 is 0 Å². The fraction of sp³-hybridized carbons (Fsp3) is 0.533. The summed E-state index contributed by atoms with van der Waals surface area (Å²) < 4.78 is 5.59. The number of para-hydroxylation sites is 1. The molecular weight excluding hydrogens is 276 g/mol. The summed E-state index contributed by atoms with van der Waals surface area (Å²) in [6.07, 6.45) is 1.33. The minimum Gasteiger partial charge on any atom is -0.494 e. The highest BCUT2D eigenvalue weighted by atomic mass is 35.5. The first-order chi connectivity index (χ1) is 9.27. The van der Waals surface area contributed by atoms with Crippen LogP contribution < -0.4 is 10.1 Å². The SMILES string of the molecule is CC1CNCCN1C(=O)CCCOc1ccccc1.Cl. The zero-order valence-corrected chi connectivity index (χ0v) is 12.7. The number of halogens is 1. The molecule has 5 heteroatoms. The second kappa shape index (κ2) is 8.82. The van der Waals surface area contributed by atoms with Crippen molar-refractivity contribution in [3.8, 4) is 5.75 Å². The van der Waals surface area contributed by atoms with Crippen LogP contribution >= 0.6 is 12.4 Å². The maximum atomic E-state index is 12.1. The van der Waals surface area contributed by atoms with Gasteiger partial charge in [0.1, 0.15) is 5.75 Å². The van der Waals surface area contributed by atoms with Gasteiger partial charge in [-0.15, -0.1) is 12.4 Å². The third-order valence-electron chi connectivity index (χ3n) is 3.37. The van der Waals surface area contributed by atoms with Gasteiger partial charge in [-0.05, 0) is 25.5 Å². The van der Waals surface area contributed by atoms with Gasteiger partial charge in [-0.1, -0.05) is 18.2 Å². The molecule has 1 unspecified atom stereocenters. The Morgan fingerprint density at radius 1 is 1.40 bits per heavy atom. The first kappa shape index (κ1) is 16.8. The van der Waals surface area contributed by atoms with Gasteiger partial charge in [-0.3, -0.25) is 4.79 Å². The third-order valence-corrected chi connectivity index (χ3v) is 3.37. The highest BCUT2D eigenvalue weighted by Gasteiger charge is 2.22. The Balaban J connectivity index is 0.00000200. The number of hydrogen-bond acceptors (Lipinski definition) is 3. The van der Waals surface area contributed by atoms with Crippen LogP contribution in [0.2, 0.25) is 0 Å². The van der Waals surface area contributed by atoms with Gasteiger partial charge in [-0.25, -0.2) is 0 Å². The Bertz CT molecular complexity index is 400. The largest absolute Gasteiger partial charge is 0.494 e. The predicted octanol–water partition coefficient (Wildman–Crippen LogP) is 2.09. The number of benzene rings is 1. The molecule has 1 atom stereocenters. The van der Waals surface area contributed by atoms with E-state index in [0.717, 1.165) is 31.8 Å². The minimum absolute atomic E-state index is 0. The Morgan fingerprint density at radius 2 is 2.15 bits per heavy atom. The van der Waals surface area contributed by atoms with E-state index in [9.17, 15) is 4.79 Å². The lowest BCUT2D eigenvalue weighted by molar-refractivity contribution is -0.134. The number of ether oxygens (including phenoxy) is 1. The zero-order valence-electron chi connectivity index (χ0n) is 11.9. The van der Waals surface area contributed by atoms with Crippen LogP contribution in [0.15, 0.2) is 30.3 Å². The van der Waals surface area contributed by atoms with E-state index < -0.39 is 0 Å². The maximum absolute atomic E-state index is 12.1. The third kappa shape index (κ3) is 5.02. The molecule has 1 heterocycles. The molecule has 0 aliphatic carbocycles. The lowest BCUT2D eigenvalue weighted by Gasteiger charge is -2.34. The van der Waals surface area contributed by atoms with Crippen LogP contribution in [0.1, 0.15) is 19.8 Å². The van der Waals surface area contributed by atoms with E-state index in [1.165, 1.54) is 0 Å². The summed E-state index contributed by atoms with van der Waals surface area (Å²) in [5.41, 5.74) is 0. The smallest absolute Gasteiger partial charge is 0.223 e. The molecule has 4 nitrogen and oxygen atoms in total. The number of nitrogens with one attached hydrogen (secondary N) is 1. The molecule has 2 rings (SSSR count). The Morgan fingerprint density at radius 3 is 2.85 bits per heavy atom. The highest BCUT2D eigenvalue weighted by Crippen LogP contribution is 2.10. The number of piperazine rings is 1. The van der Waals surface area contributed by atoms with E-state index in [-0.39, 0.29) is 18.3 Å². The first-order valence-electron chi connectivity index (χ1n) is 6.95. The average molecular weight is 299 g/mol. The summed E-state index contributed by atoms with van der Waals surface area (Å²) in [5.74, 6) is 1.11. The summed E-state index contributed by atoms with van der Waals surface area (Å²) >= 11 is 0. The van der Waals surface area contributed by atoms with Crippen LogP contribution in [0.4, 0.5) is 0 Å². The molecule has 0 radical (unpaired) electrons. The van der Waals surface area contributed by atoms with Crippen LogP contribution in [0, 0.1) is 0 Å². The van der Waals surface area contributed by atoms with Crippen LogP contribution in [0.25, 0.3) is 0 Å². The quantitative estimate of drug-likeness (QED) is 0.846. The molecule has 112 valence electrons. The maximum Gasteiger partial charge on any atom is 0.223 e. The number of nitrogens with zero attached hydrogens (tertiary/aromatic N) is 1. The molecule has 1 aliphatic heterocycles. The van der Waals surface area contributed by atoms with Crippen molar-refractivity contribution in [2.45, 2.75) is 25.8 Å². The highest BCUT2D eigenvalue weighted by molar-refractivity contribution is 5.85. The Hall–Kier alpha value is -1.26. The van der Waals surface area contributed by atoms with Gasteiger partial charge in [-0.2, -0.15) is 0 Å². The summed E-state index contributed by atoms with van der Waals surface area (Å²) in [6, 6.07) is 10.0. The molecule has 1 aromatic carbocycles. The molecule has 1 saturated heterocycles. The molecule has 0 aromatic heterocycles. The van der Waals surface area contributed by atoms with E-state index in [4.69, 9.17) is 4.74 Å². The predicted molar refractivity (Wildman–Crippen MR) is 82.5 cm³/mol. The van der Waals surface area contributed by atoms with E-state index in [1.54, 1.807) is 0 Å². The molecule has 0 saturated carbocycles. The molecule has 1 N–H and O–H groups in total. The lowest BCUT2D eigenvalue weighted by atomic mass is 10.2. The van der Waals surface area contributed by atoms with Crippen molar-refractivity contribution in [2.24, 2.45) is 0 Å². The minimum atomic E-state index is 0. The van der Waals surface area contributed by atoms with Crippen molar-refractivity contribution in [3.63, 3.8) is 0 Å². The second-order valence-electron chi connectivity index (χ2n) is 4.91. The summed E-state index contributed by atoms with van der Waals surface area (Å²) in [4.78, 5) is 14.0. The molecule has 1 aliphatic rings. The number of carbonyl (C=O) groups is 1. The number of rotatable bonds is 5. The van der Waals surface area contributed by atoms with Crippen molar-refractivity contribution < 1.29 is 9.53 Å². The van der Waals surface area contributed by atoms with Crippen molar-refractivity contribution in [3.05, 3.63) is 30.3 Å². The Kier molecular flexibility index (Phi) is 7.41. The van der Waals surface area contributed by atoms with Crippen molar-refractivity contribution >= 4 is 18.3 Å². The second-order valence-corrected chi connectivity index (χ2v) is 4.91. The fourth-order valence-corrected chi connectivity index (χ4v) is 2.29. The molecule has 1 fully saturated rings. The monoisotopic (exact) mass is 298 g/mol. The molecule has 0 bridgehead atoms. The van der Waals surface area contributed by atoms with Gasteiger partial charge in [0, 0.05) is 32.1 Å². The average Bonchev–Trinajstić information content (AvgIpc) is 2.45. The van der Waals surface area contributed by atoms with E-state index in [1.807, 2.05) is 35.2 Å². The van der Waals surface area contributed by atoms with Gasteiger partial charge in [0.15, 0.2) is 0 Å². The van der Waals surface area contributed by atoms with Crippen molar-refractivity contribution in [1.82, 2.24) is 10.2 Å². The van der Waals surface area contributed by atoms with Gasteiger partial charge in [0.05, 0.1) is 6.61 Å². The van der Waals surface area contributed by atoms with Gasteiger partial charge < -0.3 is 15.0 Å². The topological polar surface area (TPSA) is 41.6 Å². The molecule has 1 aromatic rings. The van der Waals surface area contributed by atoms with Crippen LogP contribution in [-0.2, 0) is 4.79 Å². The number of carbonyl (C=O) groups excluding carboxylic acids is 1. The zero-order chi connectivity index (χ0) is 13.5. The number of hydrogen-bond donors (Lipinski definition) is 1. The van der Waals surface area contributed by atoms with E-state index in [0.29, 0.717) is 19.1 Å². The Labute approximate surface area is 126 Å². The fourth-order valence-electron chi connectivity index (χ4n) is 2.29. The lowest BCUT2D eigenvalue weighted by Crippen LogP contribution is -2.52. The van der Waals surface area contributed by atoms with Gasteiger partial charge in [0.2, 0.25) is 5.91 Å². The molecule has 1 amide bonds. The van der Waals surface area contributed by atoms with Crippen molar-refractivity contribution in [2.75, 3.05) is 26.2 Å². The summed E-state index contributed by atoms with van der Waals surface area (Å²) in [5, 5.41) is 3.29. The molecular formula is C15H23ClN2O2. The van der Waals surface area contributed by atoms with Crippen LogP contribution in [-0.4, -0.2) is 43.1 Å². The van der Waals surface area contributed by atoms with E-state index in [2.05, 4.69) is 12.2 Å². The van der Waals surface area contributed by atoms with Crippen LogP contribution in [0.5, 0.6) is 5.75 Å². The normalized spacial score (nSPS) is 18.2. The standard InChI is InChI=1S/C15H22N2O2.ClH/c1-13-12-16-9-10-17(13)15(18)8-5-11-19-14-6-3-2-4-7-14;/h2-4,6-7,13,16H,5,8-12H2,1H3;1H. The van der Waals surface area contributed by atoms with Crippen LogP contribution in [0.3, 0.4) is 0 Å². The van der Waals surface area contributed by atoms with E-state index >= 15 is 0 Å².